The molecular formula is C12H11Cl2N3O. The van der Waals surface area contributed by atoms with E-state index in [1.54, 1.807) is 6.07 Å². The molecule has 0 radical (unpaired) electrons. The Balaban J connectivity index is 1.75. The molecular weight excluding hydrogens is 273 g/mol. The molecule has 0 saturated carbocycles. The summed E-state index contributed by atoms with van der Waals surface area (Å²) in [4.78, 5) is 4.39. The zero-order valence-electron chi connectivity index (χ0n) is 9.49. The first-order chi connectivity index (χ1) is 8.72. The van der Waals surface area contributed by atoms with E-state index in [0.29, 0.717) is 34.1 Å². The Morgan fingerprint density at radius 2 is 2.11 bits per heavy atom. The summed E-state index contributed by atoms with van der Waals surface area (Å²) in [5.41, 5.74) is 1.02. The van der Waals surface area contributed by atoms with Crippen molar-refractivity contribution in [3.05, 3.63) is 45.5 Å². The molecule has 18 heavy (non-hydrogen) atoms. The molecule has 4 nitrogen and oxygen atoms in total. The maximum Gasteiger partial charge on any atom is 0.232 e. The standard InChI is InChI=1S/C12H11Cl2N3O/c13-9-2-1-7(3-10(9)14)4-11-16-12(18-17-11)8-5-15-6-8/h1-3,8,15H,4-6H2. The highest BCUT2D eigenvalue weighted by molar-refractivity contribution is 6.42. The van der Waals surface area contributed by atoms with Crippen LogP contribution in [0.1, 0.15) is 23.2 Å². The summed E-state index contributed by atoms with van der Waals surface area (Å²) in [6.07, 6.45) is 0.598. The van der Waals surface area contributed by atoms with Gasteiger partial charge in [-0.05, 0) is 17.7 Å². The highest BCUT2D eigenvalue weighted by Crippen LogP contribution is 2.24. The molecule has 0 spiro atoms. The Bertz CT molecular complexity index is 566. The Hall–Kier alpha value is -1.10. The van der Waals surface area contributed by atoms with Crippen LogP contribution in [0.4, 0.5) is 0 Å². The average Bonchev–Trinajstić information content (AvgIpc) is 2.69. The van der Waals surface area contributed by atoms with Gasteiger partial charge in [-0.2, -0.15) is 4.98 Å². The summed E-state index contributed by atoms with van der Waals surface area (Å²) in [5.74, 6) is 1.75. The second kappa shape index (κ2) is 4.88. The molecule has 94 valence electrons. The molecule has 1 fully saturated rings. The van der Waals surface area contributed by atoms with E-state index in [0.717, 1.165) is 18.7 Å². The highest BCUT2D eigenvalue weighted by Gasteiger charge is 2.24. The summed E-state index contributed by atoms with van der Waals surface area (Å²) in [5, 5.41) is 8.24. The maximum absolute atomic E-state index is 5.96. The smallest absolute Gasteiger partial charge is 0.232 e. The average molecular weight is 284 g/mol. The molecule has 1 aliphatic rings. The van der Waals surface area contributed by atoms with Gasteiger partial charge in [-0.3, -0.25) is 0 Å². The number of nitrogens with one attached hydrogen (secondary N) is 1. The van der Waals surface area contributed by atoms with Gasteiger partial charge in [0.25, 0.3) is 0 Å². The molecule has 1 saturated heterocycles. The minimum atomic E-state index is 0.361. The molecule has 0 atom stereocenters. The number of hydrogen-bond donors (Lipinski definition) is 1. The van der Waals surface area contributed by atoms with E-state index in [1.807, 2.05) is 12.1 Å². The van der Waals surface area contributed by atoms with Crippen molar-refractivity contribution < 1.29 is 4.52 Å². The number of benzene rings is 1. The summed E-state index contributed by atoms with van der Waals surface area (Å²) >= 11 is 11.8. The number of halogens is 2. The van der Waals surface area contributed by atoms with Crippen LogP contribution in [0.2, 0.25) is 10.0 Å². The number of aromatic nitrogens is 2. The van der Waals surface area contributed by atoms with Gasteiger partial charge in [0.05, 0.1) is 16.0 Å². The van der Waals surface area contributed by atoms with Crippen molar-refractivity contribution in [2.24, 2.45) is 0 Å². The second-order valence-corrected chi connectivity index (χ2v) is 5.14. The first-order valence-electron chi connectivity index (χ1n) is 5.69. The number of rotatable bonds is 3. The lowest BCUT2D eigenvalue weighted by atomic mass is 10.0. The minimum Gasteiger partial charge on any atom is -0.339 e. The third-order valence-electron chi connectivity index (χ3n) is 2.96. The third-order valence-corrected chi connectivity index (χ3v) is 3.70. The van der Waals surface area contributed by atoms with Crippen LogP contribution in [0, 0.1) is 0 Å². The van der Waals surface area contributed by atoms with Crippen molar-refractivity contribution in [1.82, 2.24) is 15.5 Å². The van der Waals surface area contributed by atoms with Gasteiger partial charge in [0.1, 0.15) is 0 Å². The van der Waals surface area contributed by atoms with Gasteiger partial charge in [-0.25, -0.2) is 0 Å². The van der Waals surface area contributed by atoms with E-state index in [4.69, 9.17) is 27.7 Å². The second-order valence-electron chi connectivity index (χ2n) is 4.33. The van der Waals surface area contributed by atoms with Crippen molar-refractivity contribution in [3.8, 4) is 0 Å². The van der Waals surface area contributed by atoms with Crippen molar-refractivity contribution >= 4 is 23.2 Å². The van der Waals surface area contributed by atoms with E-state index in [-0.39, 0.29) is 0 Å². The molecule has 1 aromatic carbocycles. The Labute approximate surface area is 114 Å². The summed E-state index contributed by atoms with van der Waals surface area (Å²) < 4.78 is 5.23. The molecule has 3 rings (SSSR count). The molecule has 0 unspecified atom stereocenters. The molecule has 0 aliphatic carbocycles. The summed E-state index contributed by atoms with van der Waals surface area (Å²) in [6.45, 7) is 1.82. The lowest BCUT2D eigenvalue weighted by Gasteiger charge is -2.22. The van der Waals surface area contributed by atoms with Gasteiger partial charge in [-0.1, -0.05) is 34.4 Å². The largest absolute Gasteiger partial charge is 0.339 e. The van der Waals surface area contributed by atoms with Gasteiger partial charge >= 0.3 is 0 Å². The molecule has 1 aliphatic heterocycles. The molecule has 1 N–H and O–H groups in total. The Morgan fingerprint density at radius 3 is 2.78 bits per heavy atom. The van der Waals surface area contributed by atoms with Crippen molar-refractivity contribution in [3.63, 3.8) is 0 Å². The van der Waals surface area contributed by atoms with Gasteiger partial charge in [0.15, 0.2) is 5.82 Å². The van der Waals surface area contributed by atoms with Crippen LogP contribution < -0.4 is 5.32 Å². The van der Waals surface area contributed by atoms with Crippen LogP contribution in [-0.2, 0) is 6.42 Å². The fourth-order valence-corrected chi connectivity index (χ4v) is 2.12. The molecule has 0 amide bonds. The normalized spacial score (nSPS) is 15.7. The molecule has 1 aromatic heterocycles. The zero-order chi connectivity index (χ0) is 12.5. The Morgan fingerprint density at radius 1 is 1.28 bits per heavy atom. The lowest BCUT2D eigenvalue weighted by Crippen LogP contribution is -2.40. The van der Waals surface area contributed by atoms with Gasteiger partial charge < -0.3 is 9.84 Å². The number of nitrogens with zero attached hydrogens (tertiary/aromatic N) is 2. The predicted molar refractivity (Wildman–Crippen MR) is 69.2 cm³/mol. The molecule has 6 heteroatoms. The van der Waals surface area contributed by atoms with Crippen LogP contribution in [0.3, 0.4) is 0 Å². The van der Waals surface area contributed by atoms with E-state index in [2.05, 4.69) is 15.5 Å². The fraction of sp³-hybridized carbons (Fsp3) is 0.333. The summed E-state index contributed by atoms with van der Waals surface area (Å²) in [7, 11) is 0. The lowest BCUT2D eigenvalue weighted by molar-refractivity contribution is 0.306. The Kier molecular flexibility index (Phi) is 3.24. The van der Waals surface area contributed by atoms with E-state index < -0.39 is 0 Å². The monoisotopic (exact) mass is 283 g/mol. The van der Waals surface area contributed by atoms with Crippen molar-refractivity contribution in [1.29, 1.82) is 0 Å². The SMILES string of the molecule is Clc1ccc(Cc2noc(C3CNC3)n2)cc1Cl. The maximum atomic E-state index is 5.96. The van der Waals surface area contributed by atoms with Crippen molar-refractivity contribution in [2.45, 2.75) is 12.3 Å². The predicted octanol–water partition coefficient (Wildman–Crippen LogP) is 2.65. The van der Waals surface area contributed by atoms with Crippen LogP contribution in [-0.4, -0.2) is 23.2 Å². The molecule has 0 bridgehead atoms. The third kappa shape index (κ3) is 2.36. The van der Waals surface area contributed by atoms with E-state index >= 15 is 0 Å². The van der Waals surface area contributed by atoms with Crippen LogP contribution in [0.15, 0.2) is 22.7 Å². The summed E-state index contributed by atoms with van der Waals surface area (Å²) in [6, 6.07) is 5.51. The topological polar surface area (TPSA) is 51.0 Å². The highest BCUT2D eigenvalue weighted by atomic mass is 35.5. The van der Waals surface area contributed by atoms with Crippen LogP contribution in [0.5, 0.6) is 0 Å². The quantitative estimate of drug-likeness (QED) is 0.941. The van der Waals surface area contributed by atoms with Crippen LogP contribution in [0.25, 0.3) is 0 Å². The minimum absolute atomic E-state index is 0.361. The van der Waals surface area contributed by atoms with E-state index in [9.17, 15) is 0 Å². The van der Waals surface area contributed by atoms with Gasteiger partial charge in [0.2, 0.25) is 5.89 Å². The molecule has 2 aromatic rings. The molecule has 2 heterocycles. The zero-order valence-corrected chi connectivity index (χ0v) is 11.0. The fourth-order valence-electron chi connectivity index (χ4n) is 1.80. The van der Waals surface area contributed by atoms with Crippen LogP contribution >= 0.6 is 23.2 Å². The number of hydrogen-bond acceptors (Lipinski definition) is 4. The van der Waals surface area contributed by atoms with E-state index in [1.165, 1.54) is 0 Å². The van der Waals surface area contributed by atoms with Gasteiger partial charge in [-0.15, -0.1) is 0 Å². The first-order valence-corrected chi connectivity index (χ1v) is 6.45. The first kappa shape index (κ1) is 12.0. The van der Waals surface area contributed by atoms with Gasteiger partial charge in [0, 0.05) is 19.5 Å². The van der Waals surface area contributed by atoms with Crippen molar-refractivity contribution in [2.75, 3.05) is 13.1 Å².